The van der Waals surface area contributed by atoms with Gasteiger partial charge in [0.25, 0.3) is 0 Å². The molecule has 4 nitrogen and oxygen atoms in total. The zero-order valence-corrected chi connectivity index (χ0v) is 24.8. The summed E-state index contributed by atoms with van der Waals surface area (Å²) in [6.07, 6.45) is 0. The van der Waals surface area contributed by atoms with E-state index >= 15 is 0 Å². The molecule has 4 heterocycles. The molecule has 0 N–H and O–H groups in total. The van der Waals surface area contributed by atoms with E-state index in [4.69, 9.17) is 9.97 Å². The van der Waals surface area contributed by atoms with Crippen LogP contribution in [0.4, 0.5) is 0 Å². The Kier molecular flexibility index (Phi) is 5.25. The van der Waals surface area contributed by atoms with E-state index in [0.717, 1.165) is 33.7 Å². The van der Waals surface area contributed by atoms with Crippen molar-refractivity contribution < 1.29 is 0 Å². The van der Waals surface area contributed by atoms with Crippen molar-refractivity contribution in [3.63, 3.8) is 0 Å². The first-order valence-electron chi connectivity index (χ1n) is 15.6. The standard InChI is InChI=1S/C42H26N4/c1-3-13-27(14-4-1)35-26-39(44-42(43-35)28-15-5-2-6-16-28)46-37-22-12-10-20-33(37)34-24-23-29-25-38-32-19-8-7-17-30(32)31-18-9-11-21-36(31)45(38)40(29)41(34)46/h1-26H. The van der Waals surface area contributed by atoms with Crippen LogP contribution >= 0.6 is 0 Å². The number of hydrogen-bond acceptors (Lipinski definition) is 2. The summed E-state index contributed by atoms with van der Waals surface area (Å²) in [7, 11) is 0. The van der Waals surface area contributed by atoms with Gasteiger partial charge in [-0.3, -0.25) is 4.57 Å². The monoisotopic (exact) mass is 586 g/mol. The summed E-state index contributed by atoms with van der Waals surface area (Å²) in [5, 5.41) is 7.33. The lowest BCUT2D eigenvalue weighted by Gasteiger charge is -2.14. The molecular formula is C42H26N4. The Bertz CT molecular complexity index is 2730. The highest BCUT2D eigenvalue weighted by Gasteiger charge is 2.21. The Morgan fingerprint density at radius 1 is 0.391 bits per heavy atom. The molecule has 10 aromatic rings. The SMILES string of the molecule is c1ccc(-c2cc(-n3c4ccccc4c4ccc5cc6c7ccccc7c7ccccc7n6c5c43)nc(-c3ccccc3)n2)cc1. The minimum Gasteiger partial charge on any atom is -0.307 e. The number of aromatic nitrogens is 4. The average molecular weight is 587 g/mol. The predicted octanol–water partition coefficient (Wildman–Crippen LogP) is 10.6. The van der Waals surface area contributed by atoms with Gasteiger partial charge in [0.05, 0.1) is 33.3 Å². The Balaban J connectivity index is 1.42. The minimum atomic E-state index is 0.700. The second-order valence-corrected chi connectivity index (χ2v) is 11.8. The molecule has 0 saturated carbocycles. The molecule has 0 aliphatic carbocycles. The molecule has 46 heavy (non-hydrogen) atoms. The molecule has 10 rings (SSSR count). The smallest absolute Gasteiger partial charge is 0.162 e. The van der Waals surface area contributed by atoms with Crippen LogP contribution in [0.2, 0.25) is 0 Å². The number of hydrogen-bond donors (Lipinski definition) is 0. The first kappa shape index (κ1) is 25.1. The molecule has 0 aliphatic rings. The van der Waals surface area contributed by atoms with E-state index in [0.29, 0.717) is 5.82 Å². The van der Waals surface area contributed by atoms with Gasteiger partial charge in [0.2, 0.25) is 0 Å². The molecular weight excluding hydrogens is 560 g/mol. The fourth-order valence-electron chi connectivity index (χ4n) is 7.29. The average Bonchev–Trinajstić information content (AvgIpc) is 3.69. The molecule has 0 saturated heterocycles. The largest absolute Gasteiger partial charge is 0.307 e. The van der Waals surface area contributed by atoms with Gasteiger partial charge >= 0.3 is 0 Å². The Morgan fingerprint density at radius 3 is 1.72 bits per heavy atom. The van der Waals surface area contributed by atoms with Crippen LogP contribution in [-0.2, 0) is 0 Å². The molecule has 0 aliphatic heterocycles. The van der Waals surface area contributed by atoms with Gasteiger partial charge in [0, 0.05) is 44.1 Å². The van der Waals surface area contributed by atoms with E-state index < -0.39 is 0 Å². The Labute approximate surface area is 264 Å². The van der Waals surface area contributed by atoms with Crippen LogP contribution in [0.3, 0.4) is 0 Å². The van der Waals surface area contributed by atoms with Crippen LogP contribution in [0.15, 0.2) is 158 Å². The maximum Gasteiger partial charge on any atom is 0.162 e. The molecule has 4 heteroatoms. The normalized spacial score (nSPS) is 11.9. The summed E-state index contributed by atoms with van der Waals surface area (Å²) in [6, 6.07) is 55.9. The van der Waals surface area contributed by atoms with Gasteiger partial charge in [-0.1, -0.05) is 133 Å². The Morgan fingerprint density at radius 2 is 0.978 bits per heavy atom. The molecule has 0 spiro atoms. The van der Waals surface area contributed by atoms with Crippen molar-refractivity contribution in [1.29, 1.82) is 0 Å². The number of rotatable bonds is 3. The second kappa shape index (κ2) is 9.62. The molecule has 0 unspecified atom stereocenters. The number of nitrogens with zero attached hydrogens (tertiary/aromatic N) is 4. The van der Waals surface area contributed by atoms with Crippen molar-refractivity contribution >= 4 is 59.9 Å². The van der Waals surface area contributed by atoms with Gasteiger partial charge in [0.15, 0.2) is 5.82 Å². The summed E-state index contributed by atoms with van der Waals surface area (Å²) in [5.41, 5.74) is 8.74. The first-order valence-corrected chi connectivity index (χ1v) is 15.6. The maximum atomic E-state index is 5.30. The Hall–Kier alpha value is -6.26. The van der Waals surface area contributed by atoms with Crippen LogP contribution in [-0.4, -0.2) is 18.9 Å². The van der Waals surface area contributed by atoms with Gasteiger partial charge in [-0.25, -0.2) is 9.97 Å². The summed E-state index contributed by atoms with van der Waals surface area (Å²) in [4.78, 5) is 10.4. The third-order valence-corrected chi connectivity index (χ3v) is 9.28. The zero-order valence-electron chi connectivity index (χ0n) is 24.8. The van der Waals surface area contributed by atoms with E-state index in [9.17, 15) is 0 Å². The molecule has 4 aromatic heterocycles. The fraction of sp³-hybridized carbons (Fsp3) is 0. The minimum absolute atomic E-state index is 0.700. The summed E-state index contributed by atoms with van der Waals surface area (Å²) >= 11 is 0. The third kappa shape index (κ3) is 3.55. The number of fused-ring (bicyclic) bond motifs is 12. The van der Waals surface area contributed by atoms with Crippen LogP contribution < -0.4 is 0 Å². The van der Waals surface area contributed by atoms with Gasteiger partial charge < -0.3 is 4.40 Å². The van der Waals surface area contributed by atoms with Gasteiger partial charge in [-0.2, -0.15) is 0 Å². The fourth-order valence-corrected chi connectivity index (χ4v) is 7.29. The van der Waals surface area contributed by atoms with Crippen LogP contribution in [0.25, 0.3) is 88.4 Å². The van der Waals surface area contributed by atoms with Crippen molar-refractivity contribution in [1.82, 2.24) is 18.9 Å². The van der Waals surface area contributed by atoms with Crippen molar-refractivity contribution in [3.8, 4) is 28.5 Å². The second-order valence-electron chi connectivity index (χ2n) is 11.8. The van der Waals surface area contributed by atoms with Gasteiger partial charge in [0.1, 0.15) is 5.82 Å². The molecule has 6 aromatic carbocycles. The maximum absolute atomic E-state index is 5.30. The molecule has 214 valence electrons. The van der Waals surface area contributed by atoms with Crippen molar-refractivity contribution in [3.05, 3.63) is 158 Å². The van der Waals surface area contributed by atoms with Gasteiger partial charge in [-0.05, 0) is 23.6 Å². The lowest BCUT2D eigenvalue weighted by Crippen LogP contribution is -2.03. The van der Waals surface area contributed by atoms with E-state index in [1.807, 2.05) is 24.3 Å². The van der Waals surface area contributed by atoms with Crippen LogP contribution in [0.1, 0.15) is 0 Å². The van der Waals surface area contributed by atoms with E-state index in [1.165, 1.54) is 48.9 Å². The topological polar surface area (TPSA) is 35.1 Å². The molecule has 0 amide bonds. The molecule has 0 bridgehead atoms. The van der Waals surface area contributed by atoms with Crippen molar-refractivity contribution in [2.45, 2.75) is 0 Å². The molecule has 0 fully saturated rings. The van der Waals surface area contributed by atoms with Crippen molar-refractivity contribution in [2.75, 3.05) is 0 Å². The van der Waals surface area contributed by atoms with Crippen LogP contribution in [0, 0.1) is 0 Å². The highest BCUT2D eigenvalue weighted by Crippen LogP contribution is 2.41. The quantitative estimate of drug-likeness (QED) is 0.193. The van der Waals surface area contributed by atoms with Gasteiger partial charge in [-0.15, -0.1) is 0 Å². The molecule has 0 radical (unpaired) electrons. The lowest BCUT2D eigenvalue weighted by molar-refractivity contribution is 1.05. The molecule has 0 atom stereocenters. The van der Waals surface area contributed by atoms with E-state index in [1.54, 1.807) is 0 Å². The first-order chi connectivity index (χ1) is 22.8. The summed E-state index contributed by atoms with van der Waals surface area (Å²) in [5.74, 6) is 1.54. The van der Waals surface area contributed by atoms with Crippen LogP contribution in [0.5, 0.6) is 0 Å². The highest BCUT2D eigenvalue weighted by atomic mass is 15.1. The summed E-state index contributed by atoms with van der Waals surface area (Å²) in [6.45, 7) is 0. The highest BCUT2D eigenvalue weighted by molar-refractivity contribution is 6.22. The number of pyridine rings is 1. The number of para-hydroxylation sites is 2. The number of benzene rings is 6. The third-order valence-electron chi connectivity index (χ3n) is 9.28. The van der Waals surface area contributed by atoms with E-state index in [2.05, 4.69) is 142 Å². The summed E-state index contributed by atoms with van der Waals surface area (Å²) < 4.78 is 4.81. The van der Waals surface area contributed by atoms with Crippen molar-refractivity contribution in [2.24, 2.45) is 0 Å². The predicted molar refractivity (Wildman–Crippen MR) is 191 cm³/mol. The van der Waals surface area contributed by atoms with E-state index in [-0.39, 0.29) is 0 Å². The lowest BCUT2D eigenvalue weighted by atomic mass is 10.1. The zero-order chi connectivity index (χ0) is 30.2.